The van der Waals surface area contributed by atoms with Crippen molar-refractivity contribution >= 4 is 17.7 Å². The summed E-state index contributed by atoms with van der Waals surface area (Å²) >= 11 is 1.64. The predicted molar refractivity (Wildman–Crippen MR) is 101 cm³/mol. The molecule has 0 saturated carbocycles. The van der Waals surface area contributed by atoms with E-state index in [0.29, 0.717) is 6.61 Å². The molecule has 2 aromatic rings. The number of ether oxygens (including phenoxy) is 1. The molecule has 1 amide bonds. The molecule has 0 fully saturated rings. The molecule has 2 rings (SSSR count). The third kappa shape index (κ3) is 5.93. The molecule has 3 nitrogen and oxygen atoms in total. The molecule has 4 heteroatoms. The molecule has 128 valence electrons. The lowest BCUT2D eigenvalue weighted by Crippen LogP contribution is -2.40. The Morgan fingerprint density at radius 1 is 1.08 bits per heavy atom. The second kappa shape index (κ2) is 9.38. The first-order valence-electron chi connectivity index (χ1n) is 8.20. The van der Waals surface area contributed by atoms with E-state index in [9.17, 15) is 4.79 Å². The van der Waals surface area contributed by atoms with Gasteiger partial charge in [0, 0.05) is 5.75 Å². The minimum atomic E-state index is -0.0916. The normalized spacial score (nSPS) is 13.1. The lowest BCUT2D eigenvalue weighted by Gasteiger charge is -2.18. The molecular formula is C20H25NO2S. The number of para-hydroxylation sites is 1. The number of amides is 1. The number of nitrogens with one attached hydrogen (secondary N) is 1. The van der Waals surface area contributed by atoms with Crippen LogP contribution in [0.1, 0.15) is 25.0 Å². The highest BCUT2D eigenvalue weighted by atomic mass is 32.2. The summed E-state index contributed by atoms with van der Waals surface area (Å²) in [7, 11) is 0. The van der Waals surface area contributed by atoms with E-state index in [1.54, 1.807) is 11.8 Å². The molecule has 0 heterocycles. The molecule has 0 spiro atoms. The van der Waals surface area contributed by atoms with Crippen LogP contribution in [0.15, 0.2) is 54.6 Å². The van der Waals surface area contributed by atoms with E-state index in [4.69, 9.17) is 4.74 Å². The smallest absolute Gasteiger partial charge is 0.233 e. The van der Waals surface area contributed by atoms with Crippen molar-refractivity contribution < 1.29 is 9.53 Å². The Hall–Kier alpha value is -1.94. The molecule has 0 aliphatic carbocycles. The zero-order valence-electron chi connectivity index (χ0n) is 14.5. The number of aryl methyl sites for hydroxylation is 1. The maximum atomic E-state index is 12.3. The molecule has 0 bridgehead atoms. The molecule has 0 aliphatic rings. The van der Waals surface area contributed by atoms with Crippen LogP contribution in [0.2, 0.25) is 0 Å². The van der Waals surface area contributed by atoms with Crippen LogP contribution in [0.3, 0.4) is 0 Å². The molecule has 24 heavy (non-hydrogen) atoms. The van der Waals surface area contributed by atoms with Crippen LogP contribution < -0.4 is 10.1 Å². The fourth-order valence-corrected chi connectivity index (χ4v) is 3.06. The Bertz CT molecular complexity index is 645. The number of benzene rings is 2. The lowest BCUT2D eigenvalue weighted by atomic mass is 10.2. The van der Waals surface area contributed by atoms with E-state index in [-0.39, 0.29) is 17.2 Å². The first-order chi connectivity index (χ1) is 11.6. The molecule has 1 N–H and O–H groups in total. The minimum Gasteiger partial charge on any atom is -0.491 e. The second-order valence-electron chi connectivity index (χ2n) is 5.92. The van der Waals surface area contributed by atoms with Gasteiger partial charge in [-0.15, -0.1) is 11.8 Å². The van der Waals surface area contributed by atoms with Gasteiger partial charge in [0.1, 0.15) is 12.4 Å². The highest BCUT2D eigenvalue weighted by Crippen LogP contribution is 2.18. The van der Waals surface area contributed by atoms with Gasteiger partial charge in [0.2, 0.25) is 5.91 Å². The van der Waals surface area contributed by atoms with Crippen LogP contribution in [0.4, 0.5) is 0 Å². The fraction of sp³-hybridized carbons (Fsp3) is 0.350. The van der Waals surface area contributed by atoms with Gasteiger partial charge in [-0.2, -0.15) is 0 Å². The molecule has 0 unspecified atom stereocenters. The third-order valence-electron chi connectivity index (χ3n) is 3.68. The Morgan fingerprint density at radius 2 is 1.75 bits per heavy atom. The van der Waals surface area contributed by atoms with Crippen molar-refractivity contribution in [1.29, 1.82) is 0 Å². The number of thioether (sulfide) groups is 1. The highest BCUT2D eigenvalue weighted by molar-refractivity contribution is 7.99. The van der Waals surface area contributed by atoms with E-state index < -0.39 is 0 Å². The molecule has 2 atom stereocenters. The van der Waals surface area contributed by atoms with E-state index in [1.807, 2.05) is 63.2 Å². The van der Waals surface area contributed by atoms with Gasteiger partial charge >= 0.3 is 0 Å². The fourth-order valence-electron chi connectivity index (χ4n) is 2.21. The van der Waals surface area contributed by atoms with Crippen LogP contribution in [0, 0.1) is 6.92 Å². The van der Waals surface area contributed by atoms with Crippen molar-refractivity contribution in [2.24, 2.45) is 0 Å². The topological polar surface area (TPSA) is 38.3 Å². The first kappa shape index (κ1) is 18.4. The van der Waals surface area contributed by atoms with Gasteiger partial charge < -0.3 is 10.1 Å². The van der Waals surface area contributed by atoms with Crippen LogP contribution in [0.5, 0.6) is 5.75 Å². The van der Waals surface area contributed by atoms with Crippen molar-refractivity contribution in [3.63, 3.8) is 0 Å². The van der Waals surface area contributed by atoms with Crippen molar-refractivity contribution in [3.05, 3.63) is 65.7 Å². The number of carbonyl (C=O) groups excluding carboxylic acids is 1. The molecule has 0 aromatic heterocycles. The Balaban J connectivity index is 1.73. The highest BCUT2D eigenvalue weighted by Gasteiger charge is 2.16. The minimum absolute atomic E-state index is 0.0307. The summed E-state index contributed by atoms with van der Waals surface area (Å²) < 4.78 is 5.79. The molecule has 0 radical (unpaired) electrons. The standard InChI is InChI=1S/C20H25NO2S/c1-15-9-7-8-12-19(15)23-13-16(2)21-20(22)17(3)24-14-18-10-5-4-6-11-18/h4-12,16-17H,13-14H2,1-3H3,(H,21,22)/t16-,17+/m1/s1. The summed E-state index contributed by atoms with van der Waals surface area (Å²) in [6, 6.07) is 18.1. The predicted octanol–water partition coefficient (Wildman–Crippen LogP) is 4.20. The maximum Gasteiger partial charge on any atom is 0.233 e. The molecule has 0 saturated heterocycles. The zero-order chi connectivity index (χ0) is 17.4. The van der Waals surface area contributed by atoms with Crippen LogP contribution in [-0.4, -0.2) is 23.8 Å². The van der Waals surface area contributed by atoms with E-state index in [0.717, 1.165) is 17.1 Å². The van der Waals surface area contributed by atoms with Crippen molar-refractivity contribution in [2.75, 3.05) is 6.61 Å². The number of hydrogen-bond donors (Lipinski definition) is 1. The van der Waals surface area contributed by atoms with E-state index >= 15 is 0 Å². The molecule has 0 aliphatic heterocycles. The zero-order valence-corrected chi connectivity index (χ0v) is 15.3. The van der Waals surface area contributed by atoms with Gasteiger partial charge in [0.25, 0.3) is 0 Å². The Kier molecular flexibility index (Phi) is 7.19. The summed E-state index contributed by atoms with van der Waals surface area (Å²) in [5.74, 6) is 1.76. The number of carbonyl (C=O) groups is 1. The Labute approximate surface area is 148 Å². The third-order valence-corrected chi connectivity index (χ3v) is 4.90. The summed E-state index contributed by atoms with van der Waals surface area (Å²) in [5, 5.41) is 2.93. The van der Waals surface area contributed by atoms with Crippen LogP contribution in [0.25, 0.3) is 0 Å². The number of rotatable bonds is 8. The quantitative estimate of drug-likeness (QED) is 0.781. The summed E-state index contributed by atoms with van der Waals surface area (Å²) in [4.78, 5) is 12.3. The SMILES string of the molecule is Cc1ccccc1OC[C@@H](C)NC(=O)[C@H](C)SCc1ccccc1. The lowest BCUT2D eigenvalue weighted by molar-refractivity contribution is -0.121. The van der Waals surface area contributed by atoms with Crippen LogP contribution in [-0.2, 0) is 10.5 Å². The van der Waals surface area contributed by atoms with Gasteiger partial charge in [-0.1, -0.05) is 48.5 Å². The second-order valence-corrected chi connectivity index (χ2v) is 7.25. The van der Waals surface area contributed by atoms with Crippen molar-refractivity contribution in [2.45, 2.75) is 37.8 Å². The van der Waals surface area contributed by atoms with Gasteiger partial charge in [0.05, 0.1) is 11.3 Å². The summed E-state index contributed by atoms with van der Waals surface area (Å²) in [6.45, 7) is 6.39. The average Bonchev–Trinajstić information content (AvgIpc) is 2.59. The molecule has 2 aromatic carbocycles. The van der Waals surface area contributed by atoms with Crippen LogP contribution >= 0.6 is 11.8 Å². The summed E-state index contributed by atoms with van der Waals surface area (Å²) in [6.07, 6.45) is 0. The van der Waals surface area contributed by atoms with Crippen molar-refractivity contribution in [3.8, 4) is 5.75 Å². The average molecular weight is 343 g/mol. The number of hydrogen-bond acceptors (Lipinski definition) is 3. The van der Waals surface area contributed by atoms with Gasteiger partial charge in [-0.3, -0.25) is 4.79 Å². The van der Waals surface area contributed by atoms with Gasteiger partial charge in [-0.05, 0) is 38.0 Å². The monoisotopic (exact) mass is 343 g/mol. The van der Waals surface area contributed by atoms with Gasteiger partial charge in [-0.25, -0.2) is 0 Å². The maximum absolute atomic E-state index is 12.3. The largest absolute Gasteiger partial charge is 0.491 e. The molecular weight excluding hydrogens is 318 g/mol. The van der Waals surface area contributed by atoms with E-state index in [1.165, 1.54) is 5.56 Å². The van der Waals surface area contributed by atoms with Crippen molar-refractivity contribution in [1.82, 2.24) is 5.32 Å². The van der Waals surface area contributed by atoms with E-state index in [2.05, 4.69) is 17.4 Å². The summed E-state index contributed by atoms with van der Waals surface area (Å²) in [5.41, 5.74) is 2.33. The Morgan fingerprint density at radius 3 is 2.46 bits per heavy atom. The van der Waals surface area contributed by atoms with Gasteiger partial charge in [0.15, 0.2) is 0 Å². The first-order valence-corrected chi connectivity index (χ1v) is 9.25.